The summed E-state index contributed by atoms with van der Waals surface area (Å²) in [6.45, 7) is 0. The number of aromatic hydroxyl groups is 1. The maximum absolute atomic E-state index is 8.99. The van der Waals surface area contributed by atoms with Crippen LogP contribution in [0.4, 0.5) is 0 Å². The molecule has 1 aromatic rings. The molecule has 1 saturated carbocycles. The van der Waals surface area contributed by atoms with Crippen LogP contribution in [0.25, 0.3) is 0 Å². The van der Waals surface area contributed by atoms with E-state index in [1.165, 1.54) is 26.4 Å². The van der Waals surface area contributed by atoms with Gasteiger partial charge in [0.05, 0.1) is 7.11 Å². The van der Waals surface area contributed by atoms with Gasteiger partial charge in [-0.25, -0.2) is 0 Å². The number of para-hydroxylation sites is 2. The topological polar surface area (TPSA) is 29.5 Å². The van der Waals surface area contributed by atoms with Crippen LogP contribution in [0, 0.1) is 11.8 Å². The van der Waals surface area contributed by atoms with Crippen LogP contribution >= 0.6 is 0 Å². The molecule has 3 rings (SSSR count). The molecule has 0 radical (unpaired) electrons. The molecule has 1 N–H and O–H groups in total. The highest BCUT2D eigenvalue weighted by Gasteiger charge is 2.25. The Morgan fingerprint density at radius 1 is 1.12 bits per heavy atom. The van der Waals surface area contributed by atoms with E-state index in [1.807, 2.05) is 0 Å². The van der Waals surface area contributed by atoms with Crippen molar-refractivity contribution in [1.29, 1.82) is 0 Å². The Labute approximate surface area is 96.6 Å². The minimum atomic E-state index is 0.181. The van der Waals surface area contributed by atoms with Gasteiger partial charge >= 0.3 is 0 Å². The number of hydrogen-bond donors (Lipinski definition) is 1. The van der Waals surface area contributed by atoms with Gasteiger partial charge in [0, 0.05) is 0 Å². The van der Waals surface area contributed by atoms with E-state index in [1.54, 1.807) is 24.3 Å². The normalized spacial score (nSPS) is 25.1. The van der Waals surface area contributed by atoms with Gasteiger partial charge in [0.15, 0.2) is 11.5 Å². The lowest BCUT2D eigenvalue weighted by molar-refractivity contribution is 0.373. The summed E-state index contributed by atoms with van der Waals surface area (Å²) < 4.78 is 4.79. The number of phenolic OH excluding ortho intramolecular Hbond substituents is 1. The summed E-state index contributed by atoms with van der Waals surface area (Å²) in [5.41, 5.74) is 0. The van der Waals surface area contributed by atoms with Gasteiger partial charge in [-0.2, -0.15) is 0 Å². The zero-order chi connectivity index (χ0) is 11.4. The first-order chi connectivity index (χ1) is 7.79. The molecule has 0 aliphatic heterocycles. The number of hydrogen-bond acceptors (Lipinski definition) is 2. The second kappa shape index (κ2) is 5.06. The molecule has 2 nitrogen and oxygen atoms in total. The first-order valence-electron chi connectivity index (χ1n) is 5.80. The van der Waals surface area contributed by atoms with Crippen molar-refractivity contribution in [1.82, 2.24) is 0 Å². The summed E-state index contributed by atoms with van der Waals surface area (Å²) in [5.74, 6) is 2.67. The summed E-state index contributed by atoms with van der Waals surface area (Å²) in [6, 6.07) is 6.84. The number of ether oxygens (including phenoxy) is 1. The summed E-state index contributed by atoms with van der Waals surface area (Å²) >= 11 is 0. The van der Waals surface area contributed by atoms with Crippen molar-refractivity contribution in [2.45, 2.75) is 19.3 Å². The largest absolute Gasteiger partial charge is 0.504 e. The standard InChI is InChI=1S/C7H8O2.C7H10/c1-9-7-5-3-2-4-6(7)8;1-2-7-4-3-6(1)5-7/h2-5,8H,1H3;1-2,6-7H,3-5H2. The zero-order valence-electron chi connectivity index (χ0n) is 9.60. The van der Waals surface area contributed by atoms with Gasteiger partial charge in [0.2, 0.25) is 0 Å². The summed E-state index contributed by atoms with van der Waals surface area (Å²) in [6.07, 6.45) is 9.19. The van der Waals surface area contributed by atoms with Crippen LogP contribution in [0.5, 0.6) is 11.5 Å². The van der Waals surface area contributed by atoms with Crippen LogP contribution < -0.4 is 4.74 Å². The second-order valence-electron chi connectivity index (χ2n) is 4.39. The molecule has 1 fully saturated rings. The first kappa shape index (κ1) is 11.1. The van der Waals surface area contributed by atoms with E-state index in [-0.39, 0.29) is 5.75 Å². The third-order valence-electron chi connectivity index (χ3n) is 3.25. The SMILES string of the molecule is C1=CC2CCC1C2.COc1ccccc1O. The third kappa shape index (κ3) is 2.57. The zero-order valence-corrected chi connectivity index (χ0v) is 9.60. The number of allylic oxidation sites excluding steroid dienone is 2. The van der Waals surface area contributed by atoms with Crippen LogP contribution in [0.3, 0.4) is 0 Å². The lowest BCUT2D eigenvalue weighted by atomic mass is 10.1. The van der Waals surface area contributed by atoms with Gasteiger partial charge < -0.3 is 9.84 Å². The maximum atomic E-state index is 8.99. The predicted octanol–water partition coefficient (Wildman–Crippen LogP) is 3.37. The molecule has 0 spiro atoms. The average molecular weight is 218 g/mol. The van der Waals surface area contributed by atoms with Crippen molar-refractivity contribution in [3.05, 3.63) is 36.4 Å². The fraction of sp³-hybridized carbons (Fsp3) is 0.429. The molecule has 2 aliphatic carbocycles. The van der Waals surface area contributed by atoms with E-state index in [9.17, 15) is 0 Å². The molecule has 2 unspecified atom stereocenters. The highest BCUT2D eigenvalue weighted by molar-refractivity contribution is 5.37. The second-order valence-corrected chi connectivity index (χ2v) is 4.39. The molecule has 2 heteroatoms. The number of methoxy groups -OCH3 is 1. The highest BCUT2D eigenvalue weighted by Crippen LogP contribution is 2.38. The molecule has 0 amide bonds. The Morgan fingerprint density at radius 3 is 2.06 bits per heavy atom. The van der Waals surface area contributed by atoms with Crippen molar-refractivity contribution in [2.75, 3.05) is 7.11 Å². The van der Waals surface area contributed by atoms with Gasteiger partial charge in [0.25, 0.3) is 0 Å². The van der Waals surface area contributed by atoms with Gasteiger partial charge in [-0.3, -0.25) is 0 Å². The van der Waals surface area contributed by atoms with Gasteiger partial charge in [-0.15, -0.1) is 0 Å². The Morgan fingerprint density at radius 2 is 1.75 bits per heavy atom. The molecule has 0 saturated heterocycles. The number of fused-ring (bicyclic) bond motifs is 2. The van der Waals surface area contributed by atoms with Crippen LogP contribution in [-0.4, -0.2) is 12.2 Å². The Bertz CT molecular complexity index is 359. The molecule has 86 valence electrons. The Balaban J connectivity index is 0.000000123. The van der Waals surface area contributed by atoms with Crippen molar-refractivity contribution >= 4 is 0 Å². The lowest BCUT2D eigenvalue weighted by Gasteiger charge is -1.99. The first-order valence-corrected chi connectivity index (χ1v) is 5.80. The lowest BCUT2D eigenvalue weighted by Crippen LogP contribution is -1.82. The molecule has 0 heterocycles. The van der Waals surface area contributed by atoms with Crippen molar-refractivity contribution in [2.24, 2.45) is 11.8 Å². The monoisotopic (exact) mass is 218 g/mol. The minimum absolute atomic E-state index is 0.181. The van der Waals surface area contributed by atoms with E-state index < -0.39 is 0 Å². The van der Waals surface area contributed by atoms with E-state index in [4.69, 9.17) is 9.84 Å². The van der Waals surface area contributed by atoms with E-state index in [0.29, 0.717) is 5.75 Å². The van der Waals surface area contributed by atoms with Crippen molar-refractivity contribution in [3.63, 3.8) is 0 Å². The van der Waals surface area contributed by atoms with E-state index in [2.05, 4.69) is 12.2 Å². The van der Waals surface area contributed by atoms with E-state index >= 15 is 0 Å². The van der Waals surface area contributed by atoms with E-state index in [0.717, 1.165) is 11.8 Å². The molecule has 2 aliphatic rings. The summed E-state index contributed by atoms with van der Waals surface area (Å²) in [7, 11) is 1.52. The third-order valence-corrected chi connectivity index (χ3v) is 3.25. The van der Waals surface area contributed by atoms with Crippen LogP contribution in [0.2, 0.25) is 0 Å². The molecule has 0 aromatic heterocycles. The summed E-state index contributed by atoms with van der Waals surface area (Å²) in [4.78, 5) is 0. The molecule has 16 heavy (non-hydrogen) atoms. The molecular formula is C14H18O2. The molecule has 2 bridgehead atoms. The molecule has 2 atom stereocenters. The van der Waals surface area contributed by atoms with Crippen molar-refractivity contribution in [3.8, 4) is 11.5 Å². The van der Waals surface area contributed by atoms with Gasteiger partial charge in [0.1, 0.15) is 0 Å². The summed E-state index contributed by atoms with van der Waals surface area (Å²) in [5, 5.41) is 8.99. The van der Waals surface area contributed by atoms with Gasteiger partial charge in [-0.1, -0.05) is 24.3 Å². The molecular weight excluding hydrogens is 200 g/mol. The van der Waals surface area contributed by atoms with Crippen LogP contribution in [-0.2, 0) is 0 Å². The van der Waals surface area contributed by atoms with Crippen LogP contribution in [0.15, 0.2) is 36.4 Å². The number of benzene rings is 1. The smallest absolute Gasteiger partial charge is 0.160 e. The fourth-order valence-electron chi connectivity index (χ4n) is 2.35. The maximum Gasteiger partial charge on any atom is 0.160 e. The van der Waals surface area contributed by atoms with Gasteiger partial charge in [-0.05, 0) is 43.2 Å². The average Bonchev–Trinajstić information content (AvgIpc) is 2.95. The van der Waals surface area contributed by atoms with Crippen molar-refractivity contribution < 1.29 is 9.84 Å². The Kier molecular flexibility index (Phi) is 3.50. The van der Waals surface area contributed by atoms with Crippen LogP contribution in [0.1, 0.15) is 19.3 Å². The quantitative estimate of drug-likeness (QED) is 0.732. The number of rotatable bonds is 1. The highest BCUT2D eigenvalue weighted by atomic mass is 16.5. The fourth-order valence-corrected chi connectivity index (χ4v) is 2.35. The minimum Gasteiger partial charge on any atom is -0.504 e. The Hall–Kier alpha value is -1.44. The predicted molar refractivity (Wildman–Crippen MR) is 64.6 cm³/mol. The molecule has 1 aromatic carbocycles. The number of phenols is 1.